The predicted molar refractivity (Wildman–Crippen MR) is 144 cm³/mol. The van der Waals surface area contributed by atoms with Gasteiger partial charge in [-0.2, -0.15) is 0 Å². The predicted octanol–water partition coefficient (Wildman–Crippen LogP) is 5.31. The van der Waals surface area contributed by atoms with Gasteiger partial charge in [-0.1, -0.05) is 24.3 Å². The Morgan fingerprint density at radius 2 is 1.61 bits per heavy atom. The molecule has 3 aromatic carbocycles. The van der Waals surface area contributed by atoms with Crippen molar-refractivity contribution in [1.82, 2.24) is 4.90 Å². The third-order valence-corrected chi connectivity index (χ3v) is 6.81. The van der Waals surface area contributed by atoms with Crippen molar-refractivity contribution in [3.05, 3.63) is 94.8 Å². The van der Waals surface area contributed by atoms with Gasteiger partial charge in [-0.25, -0.2) is 4.39 Å². The number of halogens is 1. The summed E-state index contributed by atoms with van der Waals surface area (Å²) in [5.41, 5.74) is 2.54. The molecule has 1 N–H and O–H groups in total. The molecule has 198 valence electrons. The Hall–Kier alpha value is -4.33. The summed E-state index contributed by atoms with van der Waals surface area (Å²) in [7, 11) is 2.96. The maximum atomic E-state index is 13.5. The maximum Gasteiger partial charge on any atom is 0.295 e. The van der Waals surface area contributed by atoms with Crippen LogP contribution in [0.1, 0.15) is 36.6 Å². The molecule has 0 saturated carbocycles. The zero-order chi connectivity index (χ0) is 27.4. The van der Waals surface area contributed by atoms with E-state index in [2.05, 4.69) is 18.7 Å². The van der Waals surface area contributed by atoms with Gasteiger partial charge in [-0.15, -0.1) is 0 Å². The fraction of sp³-hybridized carbons (Fsp3) is 0.267. The number of anilines is 1. The van der Waals surface area contributed by atoms with E-state index < -0.39 is 23.5 Å². The molecular formula is C30H31FN2O5. The van der Waals surface area contributed by atoms with Gasteiger partial charge in [0.05, 0.1) is 31.4 Å². The summed E-state index contributed by atoms with van der Waals surface area (Å²) in [6.07, 6.45) is 0. The van der Waals surface area contributed by atoms with Crippen molar-refractivity contribution in [2.24, 2.45) is 0 Å². The second kappa shape index (κ2) is 11.4. The molecule has 0 radical (unpaired) electrons. The number of hydrogen-bond donors (Lipinski definition) is 1. The van der Waals surface area contributed by atoms with E-state index in [9.17, 15) is 19.1 Å². The Morgan fingerprint density at radius 1 is 0.947 bits per heavy atom. The topological polar surface area (TPSA) is 79.3 Å². The molecule has 0 bridgehead atoms. The molecule has 0 aliphatic carbocycles. The lowest BCUT2D eigenvalue weighted by atomic mass is 9.94. The van der Waals surface area contributed by atoms with Gasteiger partial charge >= 0.3 is 0 Å². The van der Waals surface area contributed by atoms with Crippen LogP contribution in [0.5, 0.6) is 11.5 Å². The summed E-state index contributed by atoms with van der Waals surface area (Å²) in [6, 6.07) is 17.3. The van der Waals surface area contributed by atoms with E-state index in [1.165, 1.54) is 31.3 Å². The number of likely N-dealkylation sites (tertiary alicyclic amines) is 1. The summed E-state index contributed by atoms with van der Waals surface area (Å²) in [5, 5.41) is 11.5. The van der Waals surface area contributed by atoms with Crippen molar-refractivity contribution < 1.29 is 28.6 Å². The number of nitrogens with zero attached hydrogens (tertiary/aromatic N) is 2. The molecule has 7 nitrogen and oxygen atoms in total. The first-order valence-electron chi connectivity index (χ1n) is 12.4. The molecule has 4 rings (SSSR count). The van der Waals surface area contributed by atoms with E-state index in [1.54, 1.807) is 30.3 Å². The monoisotopic (exact) mass is 518 g/mol. The minimum atomic E-state index is -0.863. The molecule has 1 atom stereocenters. The molecule has 8 heteroatoms. The molecular weight excluding hydrogens is 487 g/mol. The zero-order valence-corrected chi connectivity index (χ0v) is 21.9. The number of methoxy groups -OCH3 is 2. The Labute approximate surface area is 221 Å². The summed E-state index contributed by atoms with van der Waals surface area (Å²) in [4.78, 5) is 30.3. The van der Waals surface area contributed by atoms with Gasteiger partial charge in [-0.05, 0) is 61.4 Å². The number of ketones is 1. The molecule has 1 saturated heterocycles. The van der Waals surface area contributed by atoms with Gasteiger partial charge < -0.3 is 24.4 Å². The van der Waals surface area contributed by atoms with Crippen LogP contribution in [-0.2, 0) is 16.1 Å². The first-order chi connectivity index (χ1) is 18.3. The number of carbonyl (C=O) groups is 2. The summed E-state index contributed by atoms with van der Waals surface area (Å²) < 4.78 is 24.2. The van der Waals surface area contributed by atoms with Gasteiger partial charge in [0, 0.05) is 31.4 Å². The zero-order valence-electron chi connectivity index (χ0n) is 21.9. The van der Waals surface area contributed by atoms with Gasteiger partial charge in [0.15, 0.2) is 0 Å². The molecule has 1 unspecified atom stereocenters. The standard InChI is InChI=1S/C30H31FN2O5/c1-5-32(6-2)22-13-9-20(10-14-22)27-26(28(34)24-16-15-23(37-3)17-25(24)38-4)29(35)30(36)33(27)18-19-7-11-21(31)12-8-19/h7-17,27,34H,5-6,18H2,1-4H3/b28-26-. The third kappa shape index (κ3) is 5.07. The van der Waals surface area contributed by atoms with Crippen LogP contribution < -0.4 is 14.4 Å². The van der Waals surface area contributed by atoms with Crippen LogP contribution in [0.4, 0.5) is 10.1 Å². The third-order valence-electron chi connectivity index (χ3n) is 6.81. The van der Waals surface area contributed by atoms with Crippen LogP contribution in [0.25, 0.3) is 5.76 Å². The van der Waals surface area contributed by atoms with E-state index in [4.69, 9.17) is 9.47 Å². The van der Waals surface area contributed by atoms with Crippen molar-refractivity contribution in [3.63, 3.8) is 0 Å². The lowest BCUT2D eigenvalue weighted by molar-refractivity contribution is -0.140. The second-order valence-corrected chi connectivity index (χ2v) is 8.88. The largest absolute Gasteiger partial charge is 0.507 e. The molecule has 0 aromatic heterocycles. The SMILES string of the molecule is CCN(CC)c1ccc(C2/C(=C(/O)c3ccc(OC)cc3OC)C(=O)C(=O)N2Cc2ccc(F)cc2)cc1. The number of amides is 1. The maximum absolute atomic E-state index is 13.5. The Kier molecular flexibility index (Phi) is 8.00. The number of rotatable bonds is 9. The number of aliphatic hydroxyl groups excluding tert-OH is 1. The second-order valence-electron chi connectivity index (χ2n) is 8.88. The van der Waals surface area contributed by atoms with Crippen LogP contribution >= 0.6 is 0 Å². The van der Waals surface area contributed by atoms with Gasteiger partial charge in [0.1, 0.15) is 23.1 Å². The quantitative estimate of drug-likeness (QED) is 0.235. The summed E-state index contributed by atoms with van der Waals surface area (Å²) in [6.45, 7) is 5.85. The van der Waals surface area contributed by atoms with Gasteiger partial charge in [0.25, 0.3) is 11.7 Å². The highest BCUT2D eigenvalue weighted by molar-refractivity contribution is 6.46. The van der Waals surface area contributed by atoms with Crippen LogP contribution in [0, 0.1) is 5.82 Å². The highest BCUT2D eigenvalue weighted by Gasteiger charge is 2.46. The van der Waals surface area contributed by atoms with E-state index in [0.29, 0.717) is 22.6 Å². The average molecular weight is 519 g/mol. The van der Waals surface area contributed by atoms with Gasteiger partial charge in [0.2, 0.25) is 0 Å². The number of ether oxygens (including phenoxy) is 2. The van der Waals surface area contributed by atoms with Crippen molar-refractivity contribution in [2.75, 3.05) is 32.2 Å². The van der Waals surface area contributed by atoms with Crippen molar-refractivity contribution in [3.8, 4) is 11.5 Å². The van der Waals surface area contributed by atoms with Crippen molar-refractivity contribution in [1.29, 1.82) is 0 Å². The fourth-order valence-electron chi connectivity index (χ4n) is 4.77. The Morgan fingerprint density at radius 3 is 2.18 bits per heavy atom. The first kappa shape index (κ1) is 26.7. The summed E-state index contributed by atoms with van der Waals surface area (Å²) in [5.74, 6) is -1.49. The molecule has 0 spiro atoms. The average Bonchev–Trinajstić information content (AvgIpc) is 3.19. The van der Waals surface area contributed by atoms with E-state index >= 15 is 0 Å². The number of carbonyl (C=O) groups excluding carboxylic acids is 2. The van der Waals surface area contributed by atoms with Gasteiger partial charge in [-0.3, -0.25) is 9.59 Å². The van der Waals surface area contributed by atoms with E-state index in [0.717, 1.165) is 18.8 Å². The first-order valence-corrected chi connectivity index (χ1v) is 12.4. The number of Topliss-reactive ketones (excluding diaryl/α,β-unsaturated/α-hetero) is 1. The van der Waals surface area contributed by atoms with Crippen LogP contribution in [0.2, 0.25) is 0 Å². The number of hydrogen-bond acceptors (Lipinski definition) is 6. The smallest absolute Gasteiger partial charge is 0.295 e. The molecule has 38 heavy (non-hydrogen) atoms. The lowest BCUT2D eigenvalue weighted by Gasteiger charge is -2.27. The van der Waals surface area contributed by atoms with Crippen LogP contribution in [0.15, 0.2) is 72.3 Å². The number of aliphatic hydroxyl groups is 1. The van der Waals surface area contributed by atoms with Crippen molar-refractivity contribution >= 4 is 23.1 Å². The van der Waals surface area contributed by atoms with Crippen LogP contribution in [0.3, 0.4) is 0 Å². The summed E-state index contributed by atoms with van der Waals surface area (Å²) >= 11 is 0. The van der Waals surface area contributed by atoms with E-state index in [1.807, 2.05) is 24.3 Å². The Bertz CT molecular complexity index is 1350. The minimum absolute atomic E-state index is 0.0452. The minimum Gasteiger partial charge on any atom is -0.507 e. The Balaban J connectivity index is 1.86. The molecule has 1 aliphatic heterocycles. The van der Waals surface area contributed by atoms with Crippen molar-refractivity contribution in [2.45, 2.75) is 26.4 Å². The molecule has 3 aromatic rings. The molecule has 1 heterocycles. The van der Waals surface area contributed by atoms with Crippen LogP contribution in [-0.4, -0.2) is 49.0 Å². The lowest BCUT2D eigenvalue weighted by Crippen LogP contribution is -2.29. The molecule has 1 aliphatic rings. The normalized spacial score (nSPS) is 16.6. The fourth-order valence-corrected chi connectivity index (χ4v) is 4.77. The van der Waals surface area contributed by atoms with E-state index in [-0.39, 0.29) is 23.4 Å². The highest BCUT2D eigenvalue weighted by Crippen LogP contribution is 2.42. The number of benzene rings is 3. The molecule has 1 fully saturated rings. The molecule has 1 amide bonds. The highest BCUT2D eigenvalue weighted by atomic mass is 19.1.